The van der Waals surface area contributed by atoms with Crippen molar-refractivity contribution in [2.75, 3.05) is 23.4 Å². The van der Waals surface area contributed by atoms with E-state index >= 15 is 0 Å². The maximum Gasteiger partial charge on any atom is 0.322 e. The molecule has 11 nitrogen and oxygen atoms in total. The average Bonchev–Trinajstić information content (AvgIpc) is 3.04. The van der Waals surface area contributed by atoms with Crippen LogP contribution in [0.25, 0.3) is 0 Å². The topological polar surface area (TPSA) is 188 Å². The number of thioether (sulfide) groups is 1. The van der Waals surface area contributed by atoms with Crippen molar-refractivity contribution in [3.05, 3.63) is 29.8 Å². The lowest BCUT2D eigenvalue weighted by Crippen LogP contribution is -2.49. The highest BCUT2D eigenvalue weighted by molar-refractivity contribution is 7.99. The van der Waals surface area contributed by atoms with Gasteiger partial charge in [0, 0.05) is 23.6 Å². The summed E-state index contributed by atoms with van der Waals surface area (Å²) in [5, 5.41) is 25.0. The Labute approximate surface area is 182 Å². The van der Waals surface area contributed by atoms with E-state index in [9.17, 15) is 24.0 Å². The molecule has 0 fully saturated rings. The molecule has 1 aromatic carbocycles. The van der Waals surface area contributed by atoms with Crippen molar-refractivity contribution >= 4 is 47.1 Å². The predicted molar refractivity (Wildman–Crippen MR) is 113 cm³/mol. The molecule has 12 heteroatoms. The Morgan fingerprint density at radius 2 is 1.90 bits per heavy atom. The van der Waals surface area contributed by atoms with Crippen molar-refractivity contribution in [1.29, 1.82) is 0 Å². The quantitative estimate of drug-likeness (QED) is 0.239. The molecule has 0 saturated carbocycles. The smallest absolute Gasteiger partial charge is 0.322 e. The van der Waals surface area contributed by atoms with Crippen LogP contribution in [0.5, 0.6) is 0 Å². The Balaban J connectivity index is 1.94. The molecular weight excluding hydrogens is 428 g/mol. The first-order chi connectivity index (χ1) is 14.7. The molecule has 0 bridgehead atoms. The molecule has 1 aliphatic heterocycles. The van der Waals surface area contributed by atoms with E-state index < -0.39 is 48.3 Å². The van der Waals surface area contributed by atoms with Crippen molar-refractivity contribution < 1.29 is 34.2 Å². The molecule has 0 aromatic heterocycles. The molecule has 1 aliphatic rings. The molecule has 1 aromatic rings. The molecule has 7 N–H and O–H groups in total. The Kier molecular flexibility index (Phi) is 8.82. The molecule has 0 spiro atoms. The number of carboxylic acid groups (broad SMARTS) is 2. The Morgan fingerprint density at radius 3 is 2.58 bits per heavy atom. The summed E-state index contributed by atoms with van der Waals surface area (Å²) in [7, 11) is 0. The summed E-state index contributed by atoms with van der Waals surface area (Å²) >= 11 is 1.26. The van der Waals surface area contributed by atoms with Gasteiger partial charge in [-0.25, -0.2) is 0 Å². The molecule has 31 heavy (non-hydrogen) atoms. The van der Waals surface area contributed by atoms with Gasteiger partial charge in [-0.1, -0.05) is 18.2 Å². The van der Waals surface area contributed by atoms with Crippen LogP contribution in [-0.2, 0) is 24.0 Å². The fourth-order valence-corrected chi connectivity index (χ4v) is 4.06. The lowest BCUT2D eigenvalue weighted by atomic mass is 10.0. The van der Waals surface area contributed by atoms with E-state index in [2.05, 4.69) is 16.0 Å². The highest BCUT2D eigenvalue weighted by atomic mass is 32.2. The number of benzene rings is 1. The first kappa shape index (κ1) is 24.2. The minimum absolute atomic E-state index is 0.0914. The molecule has 1 heterocycles. The van der Waals surface area contributed by atoms with Crippen molar-refractivity contribution in [2.45, 2.75) is 30.8 Å². The number of nitrogens with two attached hydrogens (primary N) is 1. The van der Waals surface area contributed by atoms with E-state index in [1.54, 1.807) is 6.07 Å². The minimum atomic E-state index is -1.24. The lowest BCUT2D eigenvalue weighted by Gasteiger charge is -2.19. The van der Waals surface area contributed by atoms with Gasteiger partial charge in [0.15, 0.2) is 0 Å². The summed E-state index contributed by atoms with van der Waals surface area (Å²) in [6, 6.07) is 4.99. The number of nitrogens with one attached hydrogen (secondary N) is 3. The van der Waals surface area contributed by atoms with Crippen molar-refractivity contribution in [1.82, 2.24) is 10.6 Å². The number of fused-ring (bicyclic) bond motifs is 1. The number of carbonyl (C=O) groups excluding carboxylic acids is 3. The van der Waals surface area contributed by atoms with Crippen molar-refractivity contribution in [3.63, 3.8) is 0 Å². The number of aliphatic carboxylic acids is 2. The molecule has 0 aliphatic carbocycles. The van der Waals surface area contributed by atoms with Crippen LogP contribution in [0, 0.1) is 0 Å². The number of para-hydroxylation sites is 1. The fraction of sp³-hybridized carbons (Fsp3) is 0.421. The molecule has 168 valence electrons. The second-order valence-electron chi connectivity index (χ2n) is 6.88. The van der Waals surface area contributed by atoms with Gasteiger partial charge < -0.3 is 31.9 Å². The Hall–Kier alpha value is -3.12. The summed E-state index contributed by atoms with van der Waals surface area (Å²) in [6.07, 6.45) is -0.323. The number of carboxylic acids is 2. The van der Waals surface area contributed by atoms with Crippen LogP contribution in [0.3, 0.4) is 0 Å². The van der Waals surface area contributed by atoms with Gasteiger partial charge in [-0.05, 0) is 18.1 Å². The molecule has 0 radical (unpaired) electrons. The average molecular weight is 452 g/mol. The minimum Gasteiger partial charge on any atom is -0.480 e. The van der Waals surface area contributed by atoms with Crippen LogP contribution in [-0.4, -0.2) is 70.0 Å². The van der Waals surface area contributed by atoms with Crippen molar-refractivity contribution in [3.8, 4) is 0 Å². The zero-order chi connectivity index (χ0) is 23.0. The summed E-state index contributed by atoms with van der Waals surface area (Å²) in [5.41, 5.74) is 6.95. The van der Waals surface area contributed by atoms with Crippen LogP contribution < -0.4 is 21.7 Å². The van der Waals surface area contributed by atoms with Gasteiger partial charge in [-0.3, -0.25) is 24.0 Å². The second-order valence-corrected chi connectivity index (χ2v) is 7.96. The second kappa shape index (κ2) is 11.3. The number of hydrogen-bond donors (Lipinski definition) is 6. The summed E-state index contributed by atoms with van der Waals surface area (Å²) in [5.74, 6) is -3.88. The van der Waals surface area contributed by atoms with Crippen molar-refractivity contribution in [2.24, 2.45) is 5.73 Å². The standard InChI is InChI=1S/C19H24N4O7S/c20-12(19(29)30)5-6-15(24)22-14(18(28)21-7-16(25)26)9-31-8-11-10-3-1-2-4-13(10)23-17(11)27/h1-4,11-12,14H,5-9,20H2,(H,21,28)(H,22,24)(H,23,27)(H,25,26)(H,29,30). The predicted octanol–water partition coefficient (Wildman–Crippen LogP) is -0.667. The third kappa shape index (κ3) is 7.26. The SMILES string of the molecule is NC(CCC(=O)NC(CSCC1C(=O)Nc2ccccc21)C(=O)NCC(=O)O)C(=O)O. The van der Waals surface area contributed by atoms with E-state index in [0.29, 0.717) is 5.75 Å². The lowest BCUT2D eigenvalue weighted by molar-refractivity contribution is -0.139. The van der Waals surface area contributed by atoms with E-state index in [4.69, 9.17) is 15.9 Å². The number of carbonyl (C=O) groups is 5. The summed E-state index contributed by atoms with van der Waals surface area (Å²) in [6.45, 7) is -0.613. The first-order valence-electron chi connectivity index (χ1n) is 9.43. The van der Waals surface area contributed by atoms with E-state index in [0.717, 1.165) is 11.3 Å². The van der Waals surface area contributed by atoms with Crippen LogP contribution in [0.2, 0.25) is 0 Å². The molecular formula is C19H24N4O7S. The largest absolute Gasteiger partial charge is 0.480 e. The highest BCUT2D eigenvalue weighted by Crippen LogP contribution is 2.34. The zero-order valence-corrected chi connectivity index (χ0v) is 17.3. The third-order valence-electron chi connectivity index (χ3n) is 4.54. The Morgan fingerprint density at radius 1 is 1.19 bits per heavy atom. The fourth-order valence-electron chi connectivity index (χ4n) is 2.89. The van der Waals surface area contributed by atoms with E-state index in [1.165, 1.54) is 11.8 Å². The highest BCUT2D eigenvalue weighted by Gasteiger charge is 2.31. The number of rotatable bonds is 12. The summed E-state index contributed by atoms with van der Waals surface area (Å²) in [4.78, 5) is 58.1. The van der Waals surface area contributed by atoms with Crippen LogP contribution in [0.1, 0.15) is 24.3 Å². The third-order valence-corrected chi connectivity index (χ3v) is 5.68. The zero-order valence-electron chi connectivity index (χ0n) is 16.5. The molecule has 3 unspecified atom stereocenters. The monoisotopic (exact) mass is 452 g/mol. The van der Waals surface area contributed by atoms with E-state index in [1.807, 2.05) is 18.2 Å². The van der Waals surface area contributed by atoms with Crippen LogP contribution in [0.15, 0.2) is 24.3 Å². The normalized spacial score (nSPS) is 16.5. The van der Waals surface area contributed by atoms with Crippen LogP contribution in [0.4, 0.5) is 5.69 Å². The van der Waals surface area contributed by atoms with Gasteiger partial charge >= 0.3 is 11.9 Å². The van der Waals surface area contributed by atoms with Gasteiger partial charge in [0.2, 0.25) is 17.7 Å². The van der Waals surface area contributed by atoms with Gasteiger partial charge in [0.1, 0.15) is 18.6 Å². The van der Waals surface area contributed by atoms with Gasteiger partial charge in [-0.15, -0.1) is 0 Å². The number of anilines is 1. The molecule has 3 amide bonds. The summed E-state index contributed by atoms with van der Waals surface area (Å²) < 4.78 is 0. The van der Waals surface area contributed by atoms with E-state index in [-0.39, 0.29) is 24.5 Å². The maximum atomic E-state index is 12.3. The molecule has 0 saturated heterocycles. The number of hydrogen-bond acceptors (Lipinski definition) is 7. The molecule has 2 rings (SSSR count). The molecule has 3 atom stereocenters. The Bertz CT molecular complexity index is 863. The number of amides is 3. The van der Waals surface area contributed by atoms with Gasteiger partial charge in [0.25, 0.3) is 0 Å². The maximum absolute atomic E-state index is 12.3. The first-order valence-corrected chi connectivity index (χ1v) is 10.6. The van der Waals surface area contributed by atoms with Crippen LogP contribution >= 0.6 is 11.8 Å². The van der Waals surface area contributed by atoms with Gasteiger partial charge in [-0.2, -0.15) is 11.8 Å². The van der Waals surface area contributed by atoms with Gasteiger partial charge in [0.05, 0.1) is 5.92 Å².